The summed E-state index contributed by atoms with van der Waals surface area (Å²) in [5.74, 6) is 0.125. The number of carbonyl (C=O) groups is 1. The Bertz CT molecular complexity index is 860. The van der Waals surface area contributed by atoms with Crippen LogP contribution in [0.3, 0.4) is 0 Å². The molecule has 7 heteroatoms. The molecule has 1 N–H and O–H groups in total. The molecule has 27 heavy (non-hydrogen) atoms. The minimum Gasteiger partial charge on any atom is -0.504 e. The lowest BCUT2D eigenvalue weighted by Gasteiger charge is -2.22. The van der Waals surface area contributed by atoms with Gasteiger partial charge in [0.2, 0.25) is 0 Å². The van der Waals surface area contributed by atoms with Crippen molar-refractivity contribution in [2.24, 2.45) is 4.99 Å². The van der Waals surface area contributed by atoms with Crippen LogP contribution in [0.4, 0.5) is 5.00 Å². The zero-order chi connectivity index (χ0) is 19.4. The first-order valence-corrected chi connectivity index (χ1v) is 9.85. The van der Waals surface area contributed by atoms with E-state index in [0.717, 1.165) is 30.0 Å². The number of phenols is 1. The number of nitrogens with zero attached hydrogens (tertiary/aromatic N) is 2. The van der Waals surface area contributed by atoms with Crippen LogP contribution in [-0.4, -0.2) is 49.0 Å². The molecule has 0 aliphatic carbocycles. The molecule has 2 aromatic rings. The molecule has 0 saturated carbocycles. The summed E-state index contributed by atoms with van der Waals surface area (Å²) in [5, 5.41) is 11.0. The summed E-state index contributed by atoms with van der Waals surface area (Å²) in [7, 11) is 2.06. The van der Waals surface area contributed by atoms with Crippen LogP contribution < -0.4 is 4.74 Å². The smallest absolute Gasteiger partial charge is 0.341 e. The van der Waals surface area contributed by atoms with Gasteiger partial charge < -0.3 is 19.5 Å². The maximum atomic E-state index is 12.5. The molecular formula is C20H24N2O4S. The Hall–Kier alpha value is -2.38. The Balaban J connectivity index is 1.98. The lowest BCUT2D eigenvalue weighted by Crippen LogP contribution is -2.26. The van der Waals surface area contributed by atoms with Gasteiger partial charge in [0.05, 0.1) is 18.8 Å². The molecule has 0 bridgehead atoms. The maximum absolute atomic E-state index is 12.5. The predicted molar refractivity (Wildman–Crippen MR) is 107 cm³/mol. The highest BCUT2D eigenvalue weighted by atomic mass is 32.1. The number of benzene rings is 1. The number of hydrogen-bond acceptors (Lipinski definition) is 7. The number of carbonyl (C=O) groups excluding carboxylic acids is 1. The average Bonchev–Trinajstić information content (AvgIpc) is 3.00. The lowest BCUT2D eigenvalue weighted by molar-refractivity contribution is 0.0526. The Morgan fingerprint density at radius 3 is 2.93 bits per heavy atom. The molecule has 6 nitrogen and oxygen atoms in total. The molecule has 0 saturated heterocycles. The van der Waals surface area contributed by atoms with Crippen molar-refractivity contribution in [2.45, 2.75) is 26.8 Å². The molecule has 0 amide bonds. The van der Waals surface area contributed by atoms with Crippen LogP contribution in [0.1, 0.15) is 40.2 Å². The van der Waals surface area contributed by atoms with E-state index < -0.39 is 0 Å². The second-order valence-corrected chi connectivity index (χ2v) is 7.36. The third kappa shape index (κ3) is 4.14. The van der Waals surface area contributed by atoms with Crippen LogP contribution in [0.5, 0.6) is 11.5 Å². The van der Waals surface area contributed by atoms with Crippen molar-refractivity contribution >= 4 is 28.5 Å². The summed E-state index contributed by atoms with van der Waals surface area (Å²) in [6, 6.07) is 5.26. The van der Waals surface area contributed by atoms with Crippen molar-refractivity contribution in [1.29, 1.82) is 0 Å². The Morgan fingerprint density at radius 1 is 1.37 bits per heavy atom. The Morgan fingerprint density at radius 2 is 2.19 bits per heavy atom. The molecule has 0 spiro atoms. The summed E-state index contributed by atoms with van der Waals surface area (Å²) in [4.78, 5) is 20.4. The lowest BCUT2D eigenvalue weighted by atomic mass is 10.0. The second-order valence-electron chi connectivity index (χ2n) is 6.28. The summed E-state index contributed by atoms with van der Waals surface area (Å²) in [6.45, 7) is 6.14. The number of aliphatic imine (C=N–C) groups is 1. The quantitative estimate of drug-likeness (QED) is 0.602. The molecule has 1 aliphatic rings. The fraction of sp³-hybridized carbons (Fsp3) is 0.400. The normalized spacial score (nSPS) is 14.3. The van der Waals surface area contributed by atoms with E-state index in [4.69, 9.17) is 9.47 Å². The topological polar surface area (TPSA) is 71.4 Å². The molecule has 0 atom stereocenters. The van der Waals surface area contributed by atoms with E-state index >= 15 is 0 Å². The number of hydrogen-bond donors (Lipinski definition) is 1. The van der Waals surface area contributed by atoms with Gasteiger partial charge in [-0.25, -0.2) is 9.79 Å². The number of rotatable bonds is 6. The minimum absolute atomic E-state index is 0.0434. The van der Waals surface area contributed by atoms with E-state index in [2.05, 4.69) is 16.9 Å². The fourth-order valence-corrected chi connectivity index (χ4v) is 4.32. The molecule has 0 fully saturated rings. The Labute approximate surface area is 163 Å². The second kappa shape index (κ2) is 8.54. The van der Waals surface area contributed by atoms with Gasteiger partial charge in [0, 0.05) is 29.7 Å². The van der Waals surface area contributed by atoms with Crippen LogP contribution in [0.25, 0.3) is 0 Å². The van der Waals surface area contributed by atoms with Crippen LogP contribution in [0, 0.1) is 0 Å². The van der Waals surface area contributed by atoms with E-state index in [1.54, 1.807) is 31.3 Å². The van der Waals surface area contributed by atoms with Crippen LogP contribution in [0.2, 0.25) is 0 Å². The fourth-order valence-electron chi connectivity index (χ4n) is 3.07. The molecule has 144 valence electrons. The summed E-state index contributed by atoms with van der Waals surface area (Å²) < 4.78 is 10.7. The van der Waals surface area contributed by atoms with Crippen molar-refractivity contribution in [3.63, 3.8) is 0 Å². The molecule has 0 unspecified atom stereocenters. The summed E-state index contributed by atoms with van der Waals surface area (Å²) in [6.07, 6.45) is 2.37. The van der Waals surface area contributed by atoms with Gasteiger partial charge in [-0.15, -0.1) is 11.3 Å². The summed E-state index contributed by atoms with van der Waals surface area (Å²) >= 11 is 1.51. The van der Waals surface area contributed by atoms with Crippen molar-refractivity contribution in [2.75, 3.05) is 26.8 Å². The van der Waals surface area contributed by atoms with E-state index in [0.29, 0.717) is 35.1 Å². The van der Waals surface area contributed by atoms with Gasteiger partial charge in [0.1, 0.15) is 5.00 Å². The van der Waals surface area contributed by atoms with E-state index in [1.165, 1.54) is 11.3 Å². The number of esters is 1. The highest BCUT2D eigenvalue weighted by Gasteiger charge is 2.27. The van der Waals surface area contributed by atoms with E-state index in [-0.39, 0.29) is 11.7 Å². The number of phenolic OH excluding ortho intramolecular Hbond substituents is 1. The SMILES string of the molecule is CCOC(=O)c1c(N=Cc2cccc(OCC)c2O)sc2c1CCN(C)C2. The number of aromatic hydroxyl groups is 1. The molecule has 0 radical (unpaired) electrons. The molecule has 1 aromatic carbocycles. The zero-order valence-corrected chi connectivity index (χ0v) is 16.6. The van der Waals surface area contributed by atoms with Gasteiger partial charge in [-0.05, 0) is 45.0 Å². The third-order valence-electron chi connectivity index (χ3n) is 4.36. The number of likely N-dealkylation sites (N-methyl/N-ethyl adjacent to an activating group) is 1. The number of fused-ring (bicyclic) bond motifs is 1. The van der Waals surface area contributed by atoms with Crippen LogP contribution in [0.15, 0.2) is 23.2 Å². The third-order valence-corrected chi connectivity index (χ3v) is 5.48. The van der Waals surface area contributed by atoms with Crippen molar-refractivity contribution in [1.82, 2.24) is 4.90 Å². The van der Waals surface area contributed by atoms with E-state index in [9.17, 15) is 9.90 Å². The first kappa shape index (κ1) is 19.4. The monoisotopic (exact) mass is 388 g/mol. The highest BCUT2D eigenvalue weighted by molar-refractivity contribution is 7.16. The average molecular weight is 388 g/mol. The summed E-state index contributed by atoms with van der Waals surface area (Å²) in [5.41, 5.74) is 2.14. The molecule has 2 heterocycles. The number of ether oxygens (including phenoxy) is 2. The molecule has 1 aromatic heterocycles. The van der Waals surface area contributed by atoms with Crippen LogP contribution >= 0.6 is 11.3 Å². The number of thiophene rings is 1. The van der Waals surface area contributed by atoms with Crippen LogP contribution in [-0.2, 0) is 17.7 Å². The van der Waals surface area contributed by atoms with Gasteiger partial charge in [-0.2, -0.15) is 0 Å². The minimum atomic E-state index is -0.334. The first-order valence-electron chi connectivity index (χ1n) is 9.04. The Kier molecular flexibility index (Phi) is 6.13. The number of para-hydroxylation sites is 1. The van der Waals surface area contributed by atoms with Crippen molar-refractivity contribution in [3.8, 4) is 11.5 Å². The highest BCUT2D eigenvalue weighted by Crippen LogP contribution is 2.39. The van der Waals surface area contributed by atoms with Gasteiger partial charge >= 0.3 is 5.97 Å². The molecule has 1 aliphatic heterocycles. The van der Waals surface area contributed by atoms with E-state index in [1.807, 2.05) is 6.92 Å². The van der Waals surface area contributed by atoms with Gasteiger partial charge in [0.25, 0.3) is 0 Å². The molecule has 3 rings (SSSR count). The predicted octanol–water partition coefficient (Wildman–Crippen LogP) is 3.77. The largest absolute Gasteiger partial charge is 0.504 e. The van der Waals surface area contributed by atoms with Crippen molar-refractivity contribution < 1.29 is 19.4 Å². The maximum Gasteiger partial charge on any atom is 0.341 e. The zero-order valence-electron chi connectivity index (χ0n) is 15.8. The first-order chi connectivity index (χ1) is 13.0. The van der Waals surface area contributed by atoms with Gasteiger partial charge in [-0.1, -0.05) is 6.07 Å². The van der Waals surface area contributed by atoms with Gasteiger partial charge in [-0.3, -0.25) is 0 Å². The standard InChI is InChI=1S/C20H24N2O4S/c1-4-25-15-8-6-7-13(18(15)23)11-21-19-17(20(24)26-5-2)14-9-10-22(3)12-16(14)27-19/h6-8,11,23H,4-5,9-10,12H2,1-3H3. The van der Waals surface area contributed by atoms with Gasteiger partial charge in [0.15, 0.2) is 11.5 Å². The molecular weight excluding hydrogens is 364 g/mol. The van der Waals surface area contributed by atoms with Crippen molar-refractivity contribution in [3.05, 3.63) is 39.8 Å².